The molecule has 1 aromatic rings. The van der Waals surface area contributed by atoms with Crippen LogP contribution in [-0.2, 0) is 5.41 Å². The van der Waals surface area contributed by atoms with Crippen LogP contribution in [0.1, 0.15) is 50.0 Å². The van der Waals surface area contributed by atoms with E-state index in [1.165, 1.54) is 6.07 Å². The third-order valence-electron chi connectivity index (χ3n) is 4.37. The zero-order valence-electron chi connectivity index (χ0n) is 14.2. The molecular weight excluding hydrogens is 294 g/mol. The third-order valence-corrected chi connectivity index (χ3v) is 4.37. The van der Waals surface area contributed by atoms with Gasteiger partial charge in [-0.1, -0.05) is 33.8 Å². The minimum absolute atomic E-state index is 0.00325. The lowest BCUT2D eigenvalue weighted by Gasteiger charge is -2.30. The minimum atomic E-state index is -0.412. The number of nitrogens with one attached hydrogen (secondary N) is 2. The van der Waals surface area contributed by atoms with Crippen molar-refractivity contribution in [3.63, 3.8) is 0 Å². The average molecular weight is 319 g/mol. The molecule has 6 nitrogen and oxygen atoms in total. The van der Waals surface area contributed by atoms with Crippen LogP contribution in [0.2, 0.25) is 0 Å². The van der Waals surface area contributed by atoms with Crippen molar-refractivity contribution in [3.8, 4) is 0 Å². The van der Waals surface area contributed by atoms with Crippen molar-refractivity contribution in [1.29, 1.82) is 0 Å². The number of nitro groups is 1. The van der Waals surface area contributed by atoms with Gasteiger partial charge in [-0.25, -0.2) is 0 Å². The molecule has 23 heavy (non-hydrogen) atoms. The summed E-state index contributed by atoms with van der Waals surface area (Å²) in [6.45, 7) is 9.60. The van der Waals surface area contributed by atoms with Crippen LogP contribution in [0.25, 0.3) is 0 Å². The van der Waals surface area contributed by atoms with Gasteiger partial charge in [0.15, 0.2) is 0 Å². The van der Waals surface area contributed by atoms with Gasteiger partial charge in [-0.2, -0.15) is 0 Å². The second kappa shape index (κ2) is 6.66. The zero-order valence-corrected chi connectivity index (χ0v) is 14.2. The van der Waals surface area contributed by atoms with Gasteiger partial charge in [-0.05, 0) is 36.9 Å². The molecule has 0 bridgehead atoms. The van der Waals surface area contributed by atoms with Crippen LogP contribution in [0.15, 0.2) is 18.2 Å². The molecular formula is C17H25N3O3. The Hall–Kier alpha value is -1.95. The Balaban J connectivity index is 2.24. The Bertz CT molecular complexity index is 608. The van der Waals surface area contributed by atoms with E-state index in [1.807, 2.05) is 20.8 Å². The number of rotatable bonds is 3. The molecule has 0 aromatic heterocycles. The van der Waals surface area contributed by atoms with E-state index in [1.54, 1.807) is 12.1 Å². The third kappa shape index (κ3) is 4.07. The fourth-order valence-corrected chi connectivity index (χ4v) is 2.94. The van der Waals surface area contributed by atoms with Gasteiger partial charge in [0.2, 0.25) is 0 Å². The lowest BCUT2D eigenvalue weighted by atomic mass is 9.85. The summed E-state index contributed by atoms with van der Waals surface area (Å²) in [7, 11) is 0. The molecule has 1 aromatic carbocycles. The van der Waals surface area contributed by atoms with Crippen LogP contribution in [-0.4, -0.2) is 30.0 Å². The lowest BCUT2D eigenvalue weighted by molar-refractivity contribution is -0.386. The monoisotopic (exact) mass is 319 g/mol. The SMILES string of the molecule is CC1CNCCC1NC(=O)c1ccc(C(C)(C)C)c([N+](=O)[O-])c1. The van der Waals surface area contributed by atoms with Crippen LogP contribution in [0.5, 0.6) is 0 Å². The van der Waals surface area contributed by atoms with Crippen molar-refractivity contribution < 1.29 is 9.72 Å². The molecule has 1 fully saturated rings. The molecule has 0 aliphatic carbocycles. The van der Waals surface area contributed by atoms with E-state index in [2.05, 4.69) is 17.6 Å². The maximum Gasteiger partial charge on any atom is 0.273 e. The quantitative estimate of drug-likeness (QED) is 0.662. The lowest BCUT2D eigenvalue weighted by Crippen LogP contribution is -2.48. The molecule has 0 saturated carbocycles. The summed E-state index contributed by atoms with van der Waals surface area (Å²) in [6, 6.07) is 4.86. The Morgan fingerprint density at radius 2 is 2.09 bits per heavy atom. The number of hydrogen-bond acceptors (Lipinski definition) is 4. The highest BCUT2D eigenvalue weighted by molar-refractivity contribution is 5.95. The molecule has 1 amide bonds. The molecule has 1 heterocycles. The highest BCUT2D eigenvalue weighted by Gasteiger charge is 2.27. The van der Waals surface area contributed by atoms with E-state index in [0.29, 0.717) is 17.0 Å². The molecule has 2 unspecified atom stereocenters. The Labute approximate surface area is 136 Å². The van der Waals surface area contributed by atoms with Crippen LogP contribution < -0.4 is 10.6 Å². The standard InChI is InChI=1S/C17H25N3O3/c1-11-10-18-8-7-14(11)19-16(21)12-5-6-13(17(2,3)4)15(9-12)20(22)23/h5-6,9,11,14,18H,7-8,10H2,1-4H3,(H,19,21). The molecule has 2 atom stereocenters. The summed E-state index contributed by atoms with van der Waals surface area (Å²) in [5, 5.41) is 17.6. The highest BCUT2D eigenvalue weighted by Crippen LogP contribution is 2.31. The van der Waals surface area contributed by atoms with Crippen molar-refractivity contribution in [2.75, 3.05) is 13.1 Å². The topological polar surface area (TPSA) is 84.3 Å². The Kier molecular flexibility index (Phi) is 5.04. The number of nitro benzene ring substituents is 1. The molecule has 1 saturated heterocycles. The van der Waals surface area contributed by atoms with Crippen LogP contribution in [0.3, 0.4) is 0 Å². The normalized spacial score (nSPS) is 21.7. The van der Waals surface area contributed by atoms with Crippen molar-refractivity contribution >= 4 is 11.6 Å². The van der Waals surface area contributed by atoms with E-state index in [4.69, 9.17) is 0 Å². The molecule has 1 aliphatic rings. The van der Waals surface area contributed by atoms with Crippen molar-refractivity contribution in [3.05, 3.63) is 39.4 Å². The van der Waals surface area contributed by atoms with Crippen LogP contribution in [0, 0.1) is 16.0 Å². The van der Waals surface area contributed by atoms with Crippen LogP contribution >= 0.6 is 0 Å². The fourth-order valence-electron chi connectivity index (χ4n) is 2.94. The van der Waals surface area contributed by atoms with E-state index in [-0.39, 0.29) is 23.1 Å². The molecule has 1 aliphatic heterocycles. The molecule has 126 valence electrons. The van der Waals surface area contributed by atoms with Gasteiger partial charge in [0.25, 0.3) is 11.6 Å². The van der Waals surface area contributed by atoms with Gasteiger partial charge in [-0.15, -0.1) is 0 Å². The predicted molar refractivity (Wildman–Crippen MR) is 89.7 cm³/mol. The van der Waals surface area contributed by atoms with Gasteiger partial charge in [0.05, 0.1) is 4.92 Å². The van der Waals surface area contributed by atoms with Crippen molar-refractivity contribution in [1.82, 2.24) is 10.6 Å². The minimum Gasteiger partial charge on any atom is -0.349 e. The maximum atomic E-state index is 12.4. The highest BCUT2D eigenvalue weighted by atomic mass is 16.6. The Morgan fingerprint density at radius 1 is 1.39 bits per heavy atom. The largest absolute Gasteiger partial charge is 0.349 e. The number of amides is 1. The van der Waals surface area contributed by atoms with E-state index in [9.17, 15) is 14.9 Å². The smallest absolute Gasteiger partial charge is 0.273 e. The first-order chi connectivity index (χ1) is 10.7. The number of carbonyl (C=O) groups excluding carboxylic acids is 1. The van der Waals surface area contributed by atoms with Crippen molar-refractivity contribution in [2.45, 2.75) is 45.6 Å². The van der Waals surface area contributed by atoms with Crippen LogP contribution in [0.4, 0.5) is 5.69 Å². The van der Waals surface area contributed by atoms with Gasteiger partial charge >= 0.3 is 0 Å². The second-order valence-electron chi connectivity index (χ2n) is 7.29. The first-order valence-corrected chi connectivity index (χ1v) is 8.00. The predicted octanol–water partition coefficient (Wildman–Crippen LogP) is 2.62. The first kappa shape index (κ1) is 17.4. The van der Waals surface area contributed by atoms with Gasteiger partial charge in [0.1, 0.15) is 0 Å². The number of piperidine rings is 1. The van der Waals surface area contributed by atoms with E-state index in [0.717, 1.165) is 19.5 Å². The summed E-state index contributed by atoms with van der Waals surface area (Å²) >= 11 is 0. The second-order valence-corrected chi connectivity index (χ2v) is 7.29. The van der Waals surface area contributed by atoms with Gasteiger partial charge < -0.3 is 10.6 Å². The summed E-state index contributed by atoms with van der Waals surface area (Å²) < 4.78 is 0. The van der Waals surface area contributed by atoms with Crippen molar-refractivity contribution in [2.24, 2.45) is 5.92 Å². The first-order valence-electron chi connectivity index (χ1n) is 8.00. The molecule has 6 heteroatoms. The summed E-state index contributed by atoms with van der Waals surface area (Å²) in [5.41, 5.74) is 0.634. The zero-order chi connectivity index (χ0) is 17.2. The van der Waals surface area contributed by atoms with Gasteiger partial charge in [-0.3, -0.25) is 14.9 Å². The summed E-state index contributed by atoms with van der Waals surface area (Å²) in [6.07, 6.45) is 0.870. The average Bonchev–Trinajstić information content (AvgIpc) is 2.48. The number of benzene rings is 1. The number of nitrogens with zero attached hydrogens (tertiary/aromatic N) is 1. The Morgan fingerprint density at radius 3 is 2.65 bits per heavy atom. The van der Waals surface area contributed by atoms with E-state index < -0.39 is 4.92 Å². The summed E-state index contributed by atoms with van der Waals surface area (Å²) in [4.78, 5) is 23.4. The summed E-state index contributed by atoms with van der Waals surface area (Å²) in [5.74, 6) is 0.101. The number of carbonyl (C=O) groups is 1. The number of hydrogen-bond donors (Lipinski definition) is 2. The van der Waals surface area contributed by atoms with E-state index >= 15 is 0 Å². The van der Waals surface area contributed by atoms with Gasteiger partial charge in [0, 0.05) is 23.2 Å². The molecule has 0 radical (unpaired) electrons. The maximum absolute atomic E-state index is 12.4. The fraction of sp³-hybridized carbons (Fsp3) is 0.588. The molecule has 0 spiro atoms. The molecule has 2 rings (SSSR count). The molecule has 2 N–H and O–H groups in total.